The first-order chi connectivity index (χ1) is 14.7. The molecule has 1 unspecified atom stereocenters. The van der Waals surface area contributed by atoms with Crippen molar-refractivity contribution >= 4 is 21.7 Å². The van der Waals surface area contributed by atoms with E-state index in [1.807, 2.05) is 23.7 Å². The molecule has 1 aliphatic carbocycles. The van der Waals surface area contributed by atoms with E-state index in [1.165, 1.54) is 17.0 Å². The number of primary sulfonamides is 1. The van der Waals surface area contributed by atoms with Gasteiger partial charge in [-0.05, 0) is 72.2 Å². The summed E-state index contributed by atoms with van der Waals surface area (Å²) in [4.78, 5) is 14.2. The third-order valence-electron chi connectivity index (χ3n) is 5.37. The summed E-state index contributed by atoms with van der Waals surface area (Å²) < 4.78 is 24.6. The number of carbonyl (C=O) groups is 1. The van der Waals surface area contributed by atoms with Crippen LogP contribution < -0.4 is 10.5 Å². The van der Waals surface area contributed by atoms with Crippen molar-refractivity contribution in [2.75, 3.05) is 12.4 Å². The van der Waals surface area contributed by atoms with Gasteiger partial charge in [-0.2, -0.15) is 0 Å². The number of amides is 2. The van der Waals surface area contributed by atoms with E-state index in [-0.39, 0.29) is 17.0 Å². The molecule has 4 rings (SSSR count). The van der Waals surface area contributed by atoms with Gasteiger partial charge in [0.2, 0.25) is 10.0 Å². The maximum absolute atomic E-state index is 12.7. The van der Waals surface area contributed by atoms with E-state index in [1.54, 1.807) is 31.3 Å². The number of urea groups is 1. The molecular formula is C20H23N7O3S. The Kier molecular flexibility index (Phi) is 5.46. The predicted molar refractivity (Wildman–Crippen MR) is 115 cm³/mol. The van der Waals surface area contributed by atoms with Crippen LogP contribution in [0, 0.1) is 0 Å². The molecule has 1 aromatic heterocycles. The molecule has 1 saturated carbocycles. The van der Waals surface area contributed by atoms with Gasteiger partial charge in [0.1, 0.15) is 0 Å². The molecule has 3 aromatic rings. The Balaban J connectivity index is 1.42. The molecule has 3 N–H and O–H groups in total. The number of anilines is 1. The number of benzene rings is 2. The minimum absolute atomic E-state index is 0.0309. The van der Waals surface area contributed by atoms with Gasteiger partial charge in [-0.3, -0.25) is 0 Å². The third kappa shape index (κ3) is 4.57. The summed E-state index contributed by atoms with van der Waals surface area (Å²) in [5.74, 6) is 0.717. The number of hydrogen-bond donors (Lipinski definition) is 2. The zero-order valence-corrected chi connectivity index (χ0v) is 18.0. The molecule has 1 aliphatic rings. The number of carbonyl (C=O) groups excluding carboxylic acids is 1. The molecule has 0 spiro atoms. The maximum atomic E-state index is 12.7. The summed E-state index contributed by atoms with van der Waals surface area (Å²) in [7, 11) is -2.08. The van der Waals surface area contributed by atoms with Gasteiger partial charge in [0.05, 0.1) is 17.0 Å². The lowest BCUT2D eigenvalue weighted by Gasteiger charge is -2.25. The standard InChI is InChI=1S/C20H23N7O3S/c1-13(14-5-11-18(12-6-14)31(21,29)30)26(2)20(28)22-16-7-3-15(4-8-16)19-23-24-25-27(19)17-9-10-17/h3-8,11-13,17H,9-10H2,1-2H3,(H,22,28)(H2,21,29,30). The molecule has 0 aliphatic heterocycles. The summed E-state index contributed by atoms with van der Waals surface area (Å²) in [6, 6.07) is 13.3. The van der Waals surface area contributed by atoms with E-state index in [2.05, 4.69) is 20.8 Å². The number of nitrogens with zero attached hydrogens (tertiary/aromatic N) is 5. The number of nitrogens with two attached hydrogens (primary N) is 1. The SMILES string of the molecule is CC(c1ccc(S(N)(=O)=O)cc1)N(C)C(=O)Nc1ccc(-c2nnnn2C2CC2)cc1. The van der Waals surface area contributed by atoms with Crippen molar-refractivity contribution in [2.45, 2.75) is 36.7 Å². The van der Waals surface area contributed by atoms with Crippen LogP contribution in [0.3, 0.4) is 0 Å². The highest BCUT2D eigenvalue weighted by Gasteiger charge is 2.28. The molecular weight excluding hydrogens is 418 g/mol. The van der Waals surface area contributed by atoms with Crippen LogP contribution in [0.4, 0.5) is 10.5 Å². The molecule has 10 nitrogen and oxygen atoms in total. The molecule has 2 amide bonds. The summed E-state index contributed by atoms with van der Waals surface area (Å²) in [6.45, 7) is 1.85. The Morgan fingerprint density at radius 3 is 2.39 bits per heavy atom. The minimum atomic E-state index is -3.75. The molecule has 2 aromatic carbocycles. The van der Waals surface area contributed by atoms with Crippen molar-refractivity contribution in [3.05, 3.63) is 54.1 Å². The second-order valence-corrected chi connectivity index (χ2v) is 9.15. The van der Waals surface area contributed by atoms with Crippen LogP contribution in [0.25, 0.3) is 11.4 Å². The minimum Gasteiger partial charge on any atom is -0.321 e. The first-order valence-electron chi connectivity index (χ1n) is 9.79. The van der Waals surface area contributed by atoms with Gasteiger partial charge in [0.15, 0.2) is 5.82 Å². The smallest absolute Gasteiger partial charge is 0.321 e. The first-order valence-corrected chi connectivity index (χ1v) is 11.3. The highest BCUT2D eigenvalue weighted by atomic mass is 32.2. The normalized spacial score (nSPS) is 14.8. The molecule has 11 heteroatoms. The average Bonchev–Trinajstić information content (AvgIpc) is 3.49. The molecule has 0 radical (unpaired) electrons. The van der Waals surface area contributed by atoms with Crippen molar-refractivity contribution in [1.29, 1.82) is 0 Å². The fourth-order valence-corrected chi connectivity index (χ4v) is 3.71. The molecule has 162 valence electrons. The monoisotopic (exact) mass is 441 g/mol. The summed E-state index contributed by atoms with van der Waals surface area (Å²) in [5, 5.41) is 19.9. The maximum Gasteiger partial charge on any atom is 0.322 e. The largest absolute Gasteiger partial charge is 0.322 e. The zero-order valence-electron chi connectivity index (χ0n) is 17.1. The lowest BCUT2D eigenvalue weighted by molar-refractivity contribution is 0.208. The second-order valence-electron chi connectivity index (χ2n) is 7.59. The fourth-order valence-electron chi connectivity index (χ4n) is 3.20. The number of tetrazole rings is 1. The first kappa shape index (κ1) is 20.9. The second kappa shape index (κ2) is 8.08. The lowest BCUT2D eigenvalue weighted by atomic mass is 10.1. The van der Waals surface area contributed by atoms with Gasteiger partial charge in [-0.15, -0.1) is 5.10 Å². The van der Waals surface area contributed by atoms with Gasteiger partial charge in [0, 0.05) is 18.3 Å². The van der Waals surface area contributed by atoms with Crippen LogP contribution in [0.1, 0.15) is 37.4 Å². The highest BCUT2D eigenvalue weighted by molar-refractivity contribution is 7.89. The average molecular weight is 442 g/mol. The van der Waals surface area contributed by atoms with Gasteiger partial charge in [-0.1, -0.05) is 12.1 Å². The van der Waals surface area contributed by atoms with Crippen molar-refractivity contribution in [2.24, 2.45) is 5.14 Å². The van der Waals surface area contributed by atoms with E-state index in [0.29, 0.717) is 17.6 Å². The van der Waals surface area contributed by atoms with E-state index in [4.69, 9.17) is 5.14 Å². The number of rotatable bonds is 6. The van der Waals surface area contributed by atoms with Crippen molar-refractivity contribution in [3.63, 3.8) is 0 Å². The van der Waals surface area contributed by atoms with Gasteiger partial charge in [0.25, 0.3) is 0 Å². The Morgan fingerprint density at radius 1 is 1.16 bits per heavy atom. The topological polar surface area (TPSA) is 136 Å². The predicted octanol–water partition coefficient (Wildman–Crippen LogP) is 2.55. The number of aromatic nitrogens is 4. The van der Waals surface area contributed by atoms with Gasteiger partial charge < -0.3 is 10.2 Å². The third-order valence-corrected chi connectivity index (χ3v) is 6.30. The van der Waals surface area contributed by atoms with Crippen LogP contribution in [0.15, 0.2) is 53.4 Å². The van der Waals surface area contributed by atoms with Crippen molar-refractivity contribution in [3.8, 4) is 11.4 Å². The number of sulfonamides is 1. The Morgan fingerprint density at radius 2 is 1.81 bits per heavy atom. The molecule has 1 fully saturated rings. The number of nitrogens with one attached hydrogen (secondary N) is 1. The van der Waals surface area contributed by atoms with Crippen molar-refractivity contribution < 1.29 is 13.2 Å². The molecule has 1 atom stereocenters. The van der Waals surface area contributed by atoms with E-state index >= 15 is 0 Å². The van der Waals surface area contributed by atoms with Crippen LogP contribution in [0.2, 0.25) is 0 Å². The van der Waals surface area contributed by atoms with Crippen LogP contribution in [-0.4, -0.2) is 46.6 Å². The van der Waals surface area contributed by atoms with Gasteiger partial charge in [-0.25, -0.2) is 23.0 Å². The quantitative estimate of drug-likeness (QED) is 0.603. The van der Waals surface area contributed by atoms with E-state index < -0.39 is 10.0 Å². The Labute approximate surface area is 180 Å². The summed E-state index contributed by atoms with van der Waals surface area (Å²) in [6.07, 6.45) is 2.17. The summed E-state index contributed by atoms with van der Waals surface area (Å²) >= 11 is 0. The zero-order chi connectivity index (χ0) is 22.2. The fraction of sp³-hybridized carbons (Fsp3) is 0.300. The number of hydrogen-bond acceptors (Lipinski definition) is 6. The Bertz CT molecular complexity index is 1190. The van der Waals surface area contributed by atoms with E-state index in [9.17, 15) is 13.2 Å². The Hall–Kier alpha value is -3.31. The van der Waals surface area contributed by atoms with Crippen LogP contribution >= 0.6 is 0 Å². The van der Waals surface area contributed by atoms with Crippen molar-refractivity contribution in [1.82, 2.24) is 25.1 Å². The van der Waals surface area contributed by atoms with Crippen LogP contribution in [-0.2, 0) is 10.0 Å². The molecule has 1 heterocycles. The van der Waals surface area contributed by atoms with Crippen LogP contribution in [0.5, 0.6) is 0 Å². The summed E-state index contributed by atoms with van der Waals surface area (Å²) in [5.41, 5.74) is 2.31. The molecule has 31 heavy (non-hydrogen) atoms. The van der Waals surface area contributed by atoms with Gasteiger partial charge >= 0.3 is 6.03 Å². The van der Waals surface area contributed by atoms with E-state index in [0.717, 1.165) is 24.0 Å². The lowest BCUT2D eigenvalue weighted by Crippen LogP contribution is -2.33. The highest BCUT2D eigenvalue weighted by Crippen LogP contribution is 2.36. The molecule has 0 saturated heterocycles. The molecule has 0 bridgehead atoms.